The Morgan fingerprint density at radius 2 is 1.50 bits per heavy atom. The van der Waals surface area contributed by atoms with Crippen molar-refractivity contribution < 1.29 is 19.1 Å². The molecule has 3 heterocycles. The van der Waals surface area contributed by atoms with Crippen molar-refractivity contribution in [3.8, 4) is 11.4 Å². The number of methoxy groups -OCH3 is 1. The summed E-state index contributed by atoms with van der Waals surface area (Å²) in [5.74, 6) is 0.938. The Morgan fingerprint density at radius 3 is 2.15 bits per heavy atom. The molecule has 0 radical (unpaired) electrons. The zero-order chi connectivity index (χ0) is 28.3. The number of carbonyl (C=O) groups is 2. The first-order chi connectivity index (χ1) is 19.2. The standard InChI is InChI=1S/C31H39N5O4/c1-31(2,3)40-30(38)35-16-14-23(15-17-35)28-25(22-32-36(28)24-10-6-5-7-11-24)29(37)34-20-18-33(19-21-34)26-12-8-9-13-27(26)39-4/h5-13,22-23H,14-21H2,1-4H3. The molecule has 2 aliphatic rings. The first kappa shape index (κ1) is 27.6. The van der Waals surface area contributed by atoms with Gasteiger partial charge >= 0.3 is 6.09 Å². The van der Waals surface area contributed by atoms with E-state index < -0.39 is 5.60 Å². The molecule has 3 aromatic rings. The summed E-state index contributed by atoms with van der Waals surface area (Å²) in [6.07, 6.45) is 2.91. The van der Waals surface area contributed by atoms with Gasteiger partial charge in [0, 0.05) is 45.2 Å². The highest BCUT2D eigenvalue weighted by atomic mass is 16.6. The number of para-hydroxylation sites is 3. The molecule has 0 atom stereocenters. The summed E-state index contributed by atoms with van der Waals surface area (Å²) in [7, 11) is 1.68. The number of piperidine rings is 1. The number of anilines is 1. The number of benzene rings is 2. The van der Waals surface area contributed by atoms with E-state index in [4.69, 9.17) is 14.6 Å². The number of hydrogen-bond donors (Lipinski definition) is 0. The molecule has 9 nitrogen and oxygen atoms in total. The summed E-state index contributed by atoms with van der Waals surface area (Å²) in [4.78, 5) is 32.6. The van der Waals surface area contributed by atoms with Crippen LogP contribution in [-0.2, 0) is 4.74 Å². The van der Waals surface area contributed by atoms with Crippen LogP contribution < -0.4 is 9.64 Å². The normalized spacial score (nSPS) is 16.6. The van der Waals surface area contributed by atoms with Gasteiger partial charge in [-0.3, -0.25) is 4.79 Å². The van der Waals surface area contributed by atoms with Gasteiger partial charge in [-0.1, -0.05) is 30.3 Å². The number of hydrogen-bond acceptors (Lipinski definition) is 6. The summed E-state index contributed by atoms with van der Waals surface area (Å²) < 4.78 is 13.0. The van der Waals surface area contributed by atoms with Gasteiger partial charge in [-0.25, -0.2) is 9.48 Å². The van der Waals surface area contributed by atoms with Crippen molar-refractivity contribution >= 4 is 17.7 Å². The van der Waals surface area contributed by atoms with Crippen molar-refractivity contribution in [3.63, 3.8) is 0 Å². The molecule has 2 saturated heterocycles. The third kappa shape index (κ3) is 5.93. The topological polar surface area (TPSA) is 80.1 Å². The molecule has 5 rings (SSSR count). The van der Waals surface area contributed by atoms with Crippen LogP contribution in [0.15, 0.2) is 60.8 Å². The van der Waals surface area contributed by atoms with E-state index in [0.717, 1.165) is 48.7 Å². The molecular formula is C31H39N5O4. The summed E-state index contributed by atoms with van der Waals surface area (Å²) in [5.41, 5.74) is 3.01. The minimum Gasteiger partial charge on any atom is -0.495 e. The summed E-state index contributed by atoms with van der Waals surface area (Å²) in [6.45, 7) is 9.47. The van der Waals surface area contributed by atoms with Crippen LogP contribution in [0.2, 0.25) is 0 Å². The quantitative estimate of drug-likeness (QED) is 0.451. The van der Waals surface area contributed by atoms with Gasteiger partial charge in [0.1, 0.15) is 11.4 Å². The van der Waals surface area contributed by atoms with Gasteiger partial charge in [-0.2, -0.15) is 5.10 Å². The van der Waals surface area contributed by atoms with Gasteiger partial charge in [0.25, 0.3) is 5.91 Å². The fraction of sp³-hybridized carbons (Fsp3) is 0.452. The molecule has 0 bridgehead atoms. The average molecular weight is 546 g/mol. The van der Waals surface area contributed by atoms with Crippen LogP contribution in [0.4, 0.5) is 10.5 Å². The maximum atomic E-state index is 13.9. The molecule has 2 aromatic carbocycles. The van der Waals surface area contributed by atoms with E-state index in [1.807, 2.05) is 78.9 Å². The predicted octanol–water partition coefficient (Wildman–Crippen LogP) is 4.96. The van der Waals surface area contributed by atoms with E-state index in [-0.39, 0.29) is 17.9 Å². The molecule has 212 valence electrons. The van der Waals surface area contributed by atoms with Gasteiger partial charge in [0.05, 0.1) is 35.9 Å². The second kappa shape index (κ2) is 11.6. The lowest BCUT2D eigenvalue weighted by molar-refractivity contribution is 0.0203. The van der Waals surface area contributed by atoms with Gasteiger partial charge in [-0.05, 0) is 57.9 Å². The fourth-order valence-corrected chi connectivity index (χ4v) is 5.56. The Kier molecular flexibility index (Phi) is 8.00. The first-order valence-electron chi connectivity index (χ1n) is 14.0. The smallest absolute Gasteiger partial charge is 0.410 e. The van der Waals surface area contributed by atoms with Crippen molar-refractivity contribution in [2.24, 2.45) is 0 Å². The number of piperazine rings is 1. The Labute approximate surface area is 236 Å². The lowest BCUT2D eigenvalue weighted by Gasteiger charge is -2.37. The monoisotopic (exact) mass is 545 g/mol. The zero-order valence-corrected chi connectivity index (χ0v) is 23.9. The minimum atomic E-state index is -0.533. The Hall–Kier alpha value is -4.01. The largest absolute Gasteiger partial charge is 0.495 e. The highest BCUT2D eigenvalue weighted by molar-refractivity contribution is 5.95. The molecule has 2 fully saturated rings. The number of carbonyl (C=O) groups excluding carboxylic acids is 2. The second-order valence-electron chi connectivity index (χ2n) is 11.4. The van der Waals surface area contributed by atoms with Crippen LogP contribution in [0.25, 0.3) is 5.69 Å². The van der Waals surface area contributed by atoms with Gasteiger partial charge in [0.2, 0.25) is 0 Å². The van der Waals surface area contributed by atoms with Crippen molar-refractivity contribution in [1.82, 2.24) is 19.6 Å². The van der Waals surface area contributed by atoms with Gasteiger partial charge in [-0.15, -0.1) is 0 Å². The second-order valence-corrected chi connectivity index (χ2v) is 11.4. The number of ether oxygens (including phenoxy) is 2. The van der Waals surface area contributed by atoms with Gasteiger partial charge in [0.15, 0.2) is 0 Å². The molecule has 0 unspecified atom stereocenters. The number of aromatic nitrogens is 2. The van der Waals surface area contributed by atoms with Crippen LogP contribution >= 0.6 is 0 Å². The number of likely N-dealkylation sites (tertiary alicyclic amines) is 1. The third-order valence-electron chi connectivity index (χ3n) is 7.56. The van der Waals surface area contributed by atoms with E-state index >= 15 is 0 Å². The maximum absolute atomic E-state index is 13.9. The highest BCUT2D eigenvalue weighted by Crippen LogP contribution is 2.34. The molecular weight excluding hydrogens is 506 g/mol. The SMILES string of the molecule is COc1ccccc1N1CCN(C(=O)c2cnn(-c3ccccc3)c2C2CCN(C(=O)OC(C)(C)C)CC2)CC1. The van der Waals surface area contributed by atoms with Crippen molar-refractivity contribution in [1.29, 1.82) is 0 Å². The number of rotatable bonds is 5. The van der Waals surface area contributed by atoms with Crippen LogP contribution in [0.3, 0.4) is 0 Å². The lowest BCUT2D eigenvalue weighted by atomic mass is 9.90. The minimum absolute atomic E-state index is 0.00595. The Morgan fingerprint density at radius 1 is 0.850 bits per heavy atom. The average Bonchev–Trinajstić information content (AvgIpc) is 3.42. The van der Waals surface area contributed by atoms with E-state index in [2.05, 4.69) is 11.0 Å². The first-order valence-corrected chi connectivity index (χ1v) is 14.0. The van der Waals surface area contributed by atoms with Crippen molar-refractivity contribution in [2.75, 3.05) is 51.3 Å². The molecule has 9 heteroatoms. The molecule has 40 heavy (non-hydrogen) atoms. The van der Waals surface area contributed by atoms with E-state index in [1.165, 1.54) is 0 Å². The van der Waals surface area contributed by atoms with E-state index in [9.17, 15) is 9.59 Å². The van der Waals surface area contributed by atoms with Crippen LogP contribution in [0.1, 0.15) is 55.6 Å². The van der Waals surface area contributed by atoms with Crippen LogP contribution in [0, 0.1) is 0 Å². The highest BCUT2D eigenvalue weighted by Gasteiger charge is 2.34. The predicted molar refractivity (Wildman–Crippen MR) is 154 cm³/mol. The van der Waals surface area contributed by atoms with E-state index in [0.29, 0.717) is 31.7 Å². The van der Waals surface area contributed by atoms with Crippen LogP contribution in [0.5, 0.6) is 5.75 Å². The van der Waals surface area contributed by atoms with E-state index in [1.54, 1.807) is 18.2 Å². The number of nitrogens with zero attached hydrogens (tertiary/aromatic N) is 5. The third-order valence-corrected chi connectivity index (χ3v) is 7.56. The van der Waals surface area contributed by atoms with Gasteiger partial charge < -0.3 is 24.2 Å². The summed E-state index contributed by atoms with van der Waals surface area (Å²) in [5, 5.41) is 4.70. The zero-order valence-electron chi connectivity index (χ0n) is 23.9. The fourth-order valence-electron chi connectivity index (χ4n) is 5.56. The Bertz CT molecular complexity index is 1320. The van der Waals surface area contributed by atoms with Crippen molar-refractivity contribution in [3.05, 3.63) is 72.1 Å². The summed E-state index contributed by atoms with van der Waals surface area (Å²) >= 11 is 0. The molecule has 0 aliphatic carbocycles. The molecule has 0 N–H and O–H groups in total. The lowest BCUT2D eigenvalue weighted by Crippen LogP contribution is -2.49. The summed E-state index contributed by atoms with van der Waals surface area (Å²) in [6, 6.07) is 17.9. The Balaban J connectivity index is 1.34. The maximum Gasteiger partial charge on any atom is 0.410 e. The molecule has 2 aliphatic heterocycles. The van der Waals surface area contributed by atoms with Crippen molar-refractivity contribution in [2.45, 2.75) is 45.1 Å². The number of amides is 2. The molecule has 1 aromatic heterocycles. The molecule has 0 saturated carbocycles. The molecule has 2 amide bonds. The molecule has 0 spiro atoms. The van der Waals surface area contributed by atoms with Crippen LogP contribution in [-0.4, -0.2) is 83.6 Å².